The first-order chi connectivity index (χ1) is 11.7. The van der Waals surface area contributed by atoms with Gasteiger partial charge in [0.15, 0.2) is 0 Å². The maximum absolute atomic E-state index is 4.46. The van der Waals surface area contributed by atoms with Gasteiger partial charge >= 0.3 is 0 Å². The first kappa shape index (κ1) is 20.4. The molecule has 0 unspecified atom stereocenters. The molecular formula is C20H31N3S. The fourth-order valence-electron chi connectivity index (χ4n) is 2.16. The van der Waals surface area contributed by atoms with Crippen LogP contribution in [-0.4, -0.2) is 19.3 Å². The lowest BCUT2D eigenvalue weighted by Crippen LogP contribution is -2.14. The highest BCUT2D eigenvalue weighted by Crippen LogP contribution is 2.36. The Balaban J connectivity index is 0.000000274. The van der Waals surface area contributed by atoms with Gasteiger partial charge in [0.1, 0.15) is 5.00 Å². The summed E-state index contributed by atoms with van der Waals surface area (Å²) in [6, 6.07) is 10.2. The van der Waals surface area contributed by atoms with Crippen molar-refractivity contribution in [3.8, 4) is 0 Å². The van der Waals surface area contributed by atoms with Crippen molar-refractivity contribution in [2.24, 2.45) is 4.99 Å². The summed E-state index contributed by atoms with van der Waals surface area (Å²) >= 11 is 1.76. The van der Waals surface area contributed by atoms with Gasteiger partial charge in [0.25, 0.3) is 0 Å². The van der Waals surface area contributed by atoms with Crippen molar-refractivity contribution in [1.29, 1.82) is 0 Å². The lowest BCUT2D eigenvalue weighted by atomic mass is 10.3. The number of anilines is 2. The molecular weight excluding hydrogens is 314 g/mol. The van der Waals surface area contributed by atoms with E-state index in [0.717, 1.165) is 11.4 Å². The quantitative estimate of drug-likeness (QED) is 0.545. The van der Waals surface area contributed by atoms with E-state index in [9.17, 15) is 0 Å². The molecule has 2 N–H and O–H groups in total. The highest BCUT2D eigenvalue weighted by atomic mass is 32.1. The van der Waals surface area contributed by atoms with E-state index >= 15 is 0 Å². The molecule has 0 saturated carbocycles. The summed E-state index contributed by atoms with van der Waals surface area (Å²) in [6.07, 6.45) is 4.43. The Kier molecular flexibility index (Phi) is 10.0. The van der Waals surface area contributed by atoms with Crippen LogP contribution in [0.3, 0.4) is 0 Å². The van der Waals surface area contributed by atoms with Gasteiger partial charge in [0.05, 0.1) is 11.4 Å². The third-order valence-electron chi connectivity index (χ3n) is 3.23. The fraction of sp³-hybridized carbons (Fsp3) is 0.450. The van der Waals surface area contributed by atoms with E-state index in [1.165, 1.54) is 41.4 Å². The summed E-state index contributed by atoms with van der Waals surface area (Å²) in [7, 11) is 0. The Hall–Kier alpha value is -1.65. The van der Waals surface area contributed by atoms with Crippen LogP contribution in [-0.2, 0) is 0 Å². The largest absolute Gasteiger partial charge is 0.345 e. The number of thiophene rings is 1. The van der Waals surface area contributed by atoms with Gasteiger partial charge in [-0.3, -0.25) is 4.99 Å². The number of fused-ring (bicyclic) bond motifs is 2. The molecule has 4 heteroatoms. The number of hydrogen-bond acceptors (Lipinski definition) is 4. The minimum atomic E-state index is 0.999. The number of aliphatic imine (C=N–C) groups is 1. The SMILES string of the molecule is CC.CCCNCCC.Cc1cc2c(s1)Nc1ccccc1N=C2. The maximum atomic E-state index is 4.46. The topological polar surface area (TPSA) is 36.4 Å². The van der Waals surface area contributed by atoms with Crippen LogP contribution in [0.15, 0.2) is 35.3 Å². The van der Waals surface area contributed by atoms with E-state index in [2.05, 4.69) is 48.5 Å². The molecule has 1 aliphatic rings. The highest BCUT2D eigenvalue weighted by molar-refractivity contribution is 7.16. The number of nitrogens with one attached hydrogen (secondary N) is 2. The molecule has 0 radical (unpaired) electrons. The monoisotopic (exact) mass is 345 g/mol. The van der Waals surface area contributed by atoms with Crippen LogP contribution in [0.1, 0.15) is 51.0 Å². The Morgan fingerprint density at radius 3 is 2.42 bits per heavy atom. The number of aryl methyl sites for hydroxylation is 1. The summed E-state index contributed by atoms with van der Waals surface area (Å²) in [6.45, 7) is 12.8. The summed E-state index contributed by atoms with van der Waals surface area (Å²) in [5.74, 6) is 0. The molecule has 1 aliphatic heterocycles. The summed E-state index contributed by atoms with van der Waals surface area (Å²) in [4.78, 5) is 5.76. The lowest BCUT2D eigenvalue weighted by molar-refractivity contribution is 0.662. The summed E-state index contributed by atoms with van der Waals surface area (Å²) < 4.78 is 0. The average molecular weight is 346 g/mol. The second kappa shape index (κ2) is 11.8. The zero-order valence-electron chi connectivity index (χ0n) is 15.6. The van der Waals surface area contributed by atoms with E-state index in [4.69, 9.17) is 0 Å². The van der Waals surface area contributed by atoms with Crippen molar-refractivity contribution < 1.29 is 0 Å². The van der Waals surface area contributed by atoms with Crippen LogP contribution in [0, 0.1) is 6.92 Å². The molecule has 1 aromatic heterocycles. The van der Waals surface area contributed by atoms with Crippen LogP contribution in [0.5, 0.6) is 0 Å². The molecule has 2 aromatic rings. The molecule has 0 atom stereocenters. The number of nitrogens with zero attached hydrogens (tertiary/aromatic N) is 1. The van der Waals surface area contributed by atoms with E-state index in [0.29, 0.717) is 0 Å². The lowest BCUT2D eigenvalue weighted by Gasteiger charge is -2.04. The van der Waals surface area contributed by atoms with Gasteiger partial charge in [-0.05, 0) is 51.1 Å². The molecule has 1 aromatic carbocycles. The van der Waals surface area contributed by atoms with Crippen molar-refractivity contribution in [3.05, 3.63) is 40.8 Å². The van der Waals surface area contributed by atoms with Gasteiger partial charge in [-0.15, -0.1) is 11.3 Å². The smallest absolute Gasteiger partial charge is 0.102 e. The van der Waals surface area contributed by atoms with Gasteiger partial charge in [0.2, 0.25) is 0 Å². The van der Waals surface area contributed by atoms with Gasteiger partial charge < -0.3 is 10.6 Å². The zero-order chi connectivity index (χ0) is 17.8. The predicted octanol–water partition coefficient (Wildman–Crippen LogP) is 6.29. The molecule has 132 valence electrons. The second-order valence-electron chi connectivity index (χ2n) is 5.29. The molecule has 0 spiro atoms. The van der Waals surface area contributed by atoms with Crippen molar-refractivity contribution in [2.45, 2.75) is 47.5 Å². The molecule has 0 saturated heterocycles. The van der Waals surface area contributed by atoms with Crippen LogP contribution >= 0.6 is 11.3 Å². The Bertz CT molecular complexity index is 613. The van der Waals surface area contributed by atoms with Crippen molar-refractivity contribution in [2.75, 3.05) is 18.4 Å². The standard InChI is InChI=1S/C12H10N2S.C6H15N.C2H6/c1-8-6-9-7-13-10-4-2-3-5-11(10)14-12(9)15-8;1-3-5-7-6-4-2;1-2/h2-7,14H,1H3;7H,3-6H2,1-2H3;1-2H3. The minimum absolute atomic E-state index is 0.999. The predicted molar refractivity (Wildman–Crippen MR) is 111 cm³/mol. The van der Waals surface area contributed by atoms with Gasteiger partial charge in [-0.2, -0.15) is 0 Å². The normalized spacial score (nSPS) is 10.9. The number of para-hydroxylation sites is 2. The Morgan fingerprint density at radius 1 is 1.08 bits per heavy atom. The number of rotatable bonds is 4. The first-order valence-corrected chi connectivity index (χ1v) is 9.77. The molecule has 0 bridgehead atoms. The van der Waals surface area contributed by atoms with Crippen LogP contribution in [0.2, 0.25) is 0 Å². The number of benzene rings is 1. The second-order valence-corrected chi connectivity index (χ2v) is 6.55. The van der Waals surface area contributed by atoms with Crippen molar-refractivity contribution >= 4 is 33.9 Å². The van der Waals surface area contributed by atoms with Gasteiger partial charge in [-0.25, -0.2) is 0 Å². The van der Waals surface area contributed by atoms with Crippen LogP contribution < -0.4 is 10.6 Å². The molecule has 2 heterocycles. The van der Waals surface area contributed by atoms with Crippen molar-refractivity contribution in [1.82, 2.24) is 5.32 Å². The number of hydrogen-bond donors (Lipinski definition) is 2. The molecule has 0 aliphatic carbocycles. The zero-order valence-corrected chi connectivity index (χ0v) is 16.5. The van der Waals surface area contributed by atoms with E-state index in [1.807, 2.05) is 38.3 Å². The minimum Gasteiger partial charge on any atom is -0.345 e. The third kappa shape index (κ3) is 6.46. The maximum Gasteiger partial charge on any atom is 0.102 e. The first-order valence-electron chi connectivity index (χ1n) is 8.95. The summed E-state index contributed by atoms with van der Waals surface area (Å²) in [5, 5.41) is 7.88. The molecule has 0 amide bonds. The Morgan fingerprint density at radius 2 is 1.75 bits per heavy atom. The van der Waals surface area contributed by atoms with Crippen LogP contribution in [0.4, 0.5) is 16.4 Å². The molecule has 3 rings (SSSR count). The fourth-order valence-corrected chi connectivity index (χ4v) is 3.06. The van der Waals surface area contributed by atoms with Gasteiger partial charge in [0, 0.05) is 16.7 Å². The Labute approximate surface area is 151 Å². The molecule has 3 nitrogen and oxygen atoms in total. The molecule has 0 fully saturated rings. The van der Waals surface area contributed by atoms with Crippen LogP contribution in [0.25, 0.3) is 0 Å². The average Bonchev–Trinajstić information content (AvgIpc) is 2.87. The van der Waals surface area contributed by atoms with E-state index in [1.54, 1.807) is 11.3 Å². The van der Waals surface area contributed by atoms with Gasteiger partial charge in [-0.1, -0.05) is 39.8 Å². The summed E-state index contributed by atoms with van der Waals surface area (Å²) in [5.41, 5.74) is 3.25. The molecule has 24 heavy (non-hydrogen) atoms. The third-order valence-corrected chi connectivity index (χ3v) is 4.21. The van der Waals surface area contributed by atoms with E-state index < -0.39 is 0 Å². The van der Waals surface area contributed by atoms with E-state index in [-0.39, 0.29) is 0 Å². The van der Waals surface area contributed by atoms with Crippen molar-refractivity contribution in [3.63, 3.8) is 0 Å². The highest BCUT2D eigenvalue weighted by Gasteiger charge is 2.10.